The van der Waals surface area contributed by atoms with Crippen molar-refractivity contribution in [1.29, 1.82) is 0 Å². The van der Waals surface area contributed by atoms with Crippen LogP contribution in [0.2, 0.25) is 0 Å². The number of rotatable bonds is 2. The lowest BCUT2D eigenvalue weighted by molar-refractivity contribution is -0.385. The van der Waals surface area contributed by atoms with Gasteiger partial charge in [0.05, 0.1) is 10.6 Å². The van der Waals surface area contributed by atoms with Gasteiger partial charge in [-0.3, -0.25) is 15.1 Å². The maximum atomic E-state index is 10.6. The summed E-state index contributed by atoms with van der Waals surface area (Å²) in [5.41, 5.74) is 2.17. The smallest absolute Gasteiger partial charge is 0.264 e. The first-order valence-electron chi connectivity index (χ1n) is 4.70. The van der Waals surface area contributed by atoms with Crippen LogP contribution in [-0.2, 0) is 0 Å². The predicted molar refractivity (Wildman–Crippen MR) is 58.9 cm³/mol. The molecule has 16 heavy (non-hydrogen) atoms. The van der Waals surface area contributed by atoms with Gasteiger partial charge < -0.3 is 0 Å². The highest BCUT2D eigenvalue weighted by atomic mass is 16.6. The zero-order valence-electron chi connectivity index (χ0n) is 8.62. The van der Waals surface area contributed by atoms with Crippen LogP contribution >= 0.6 is 0 Å². The van der Waals surface area contributed by atoms with E-state index in [-0.39, 0.29) is 5.69 Å². The molecule has 0 radical (unpaired) electrons. The molecule has 0 N–H and O–H groups in total. The average molecular weight is 215 g/mol. The van der Waals surface area contributed by atoms with Crippen LogP contribution in [0.15, 0.2) is 36.8 Å². The number of aromatic nitrogens is 2. The van der Waals surface area contributed by atoms with Crippen LogP contribution < -0.4 is 0 Å². The Bertz CT molecular complexity index is 526. The number of nitro groups is 1. The van der Waals surface area contributed by atoms with Crippen molar-refractivity contribution in [2.45, 2.75) is 6.92 Å². The summed E-state index contributed by atoms with van der Waals surface area (Å²) in [5.74, 6) is 0. The third-order valence-electron chi connectivity index (χ3n) is 2.24. The Hall–Kier alpha value is -2.30. The first kappa shape index (κ1) is 10.2. The Morgan fingerprint density at radius 2 is 2.19 bits per heavy atom. The highest BCUT2D eigenvalue weighted by Gasteiger charge is 2.11. The van der Waals surface area contributed by atoms with E-state index in [0.717, 1.165) is 5.56 Å². The number of aryl methyl sites for hydroxylation is 1. The van der Waals surface area contributed by atoms with E-state index in [1.807, 2.05) is 6.07 Å². The van der Waals surface area contributed by atoms with Crippen LogP contribution in [-0.4, -0.2) is 14.9 Å². The van der Waals surface area contributed by atoms with Crippen molar-refractivity contribution in [2.75, 3.05) is 0 Å². The summed E-state index contributed by atoms with van der Waals surface area (Å²) in [4.78, 5) is 18.2. The van der Waals surface area contributed by atoms with Crippen molar-refractivity contribution >= 4 is 5.69 Å². The molecular formula is C11H9N3O2. The largest absolute Gasteiger partial charge is 0.290 e. The second-order valence-corrected chi connectivity index (χ2v) is 3.35. The minimum atomic E-state index is -0.435. The lowest BCUT2D eigenvalue weighted by Gasteiger charge is -2.01. The zero-order chi connectivity index (χ0) is 11.5. The standard InChI is InChI=1S/C11H9N3O2/c1-8-5-10(9-3-2-4-12-6-9)13-7-11(8)14(15)16/h2-7H,1H3. The van der Waals surface area contributed by atoms with Crippen molar-refractivity contribution in [3.63, 3.8) is 0 Å². The van der Waals surface area contributed by atoms with Gasteiger partial charge in [-0.1, -0.05) is 0 Å². The lowest BCUT2D eigenvalue weighted by Crippen LogP contribution is -1.94. The van der Waals surface area contributed by atoms with E-state index in [4.69, 9.17) is 0 Å². The summed E-state index contributed by atoms with van der Waals surface area (Å²) in [5, 5.41) is 10.6. The molecule has 0 fully saturated rings. The number of pyridine rings is 2. The topological polar surface area (TPSA) is 68.9 Å². The van der Waals surface area contributed by atoms with E-state index in [1.54, 1.807) is 31.5 Å². The second kappa shape index (κ2) is 4.06. The molecule has 0 saturated carbocycles. The fraction of sp³-hybridized carbons (Fsp3) is 0.0909. The van der Waals surface area contributed by atoms with Crippen LogP contribution in [0.1, 0.15) is 5.56 Å². The van der Waals surface area contributed by atoms with Crippen molar-refractivity contribution < 1.29 is 4.92 Å². The highest BCUT2D eigenvalue weighted by molar-refractivity contribution is 5.60. The molecule has 0 aromatic carbocycles. The van der Waals surface area contributed by atoms with E-state index in [9.17, 15) is 10.1 Å². The molecule has 0 bridgehead atoms. The minimum absolute atomic E-state index is 0.0349. The molecule has 5 heteroatoms. The van der Waals surface area contributed by atoms with Gasteiger partial charge in [0.2, 0.25) is 0 Å². The monoisotopic (exact) mass is 215 g/mol. The van der Waals surface area contributed by atoms with E-state index in [1.165, 1.54) is 6.20 Å². The molecule has 0 amide bonds. The van der Waals surface area contributed by atoms with Gasteiger partial charge in [0.15, 0.2) is 0 Å². The maximum Gasteiger partial charge on any atom is 0.290 e. The molecule has 0 aliphatic carbocycles. The summed E-state index contributed by atoms with van der Waals surface area (Å²) < 4.78 is 0. The molecule has 0 spiro atoms. The Morgan fingerprint density at radius 1 is 1.38 bits per heavy atom. The fourth-order valence-corrected chi connectivity index (χ4v) is 1.41. The molecule has 0 aliphatic rings. The van der Waals surface area contributed by atoms with E-state index < -0.39 is 4.92 Å². The SMILES string of the molecule is Cc1cc(-c2cccnc2)ncc1[N+](=O)[O-]. The van der Waals surface area contributed by atoms with Gasteiger partial charge in [0, 0.05) is 23.5 Å². The molecule has 2 aromatic heterocycles. The van der Waals surface area contributed by atoms with Gasteiger partial charge in [0.25, 0.3) is 5.69 Å². The second-order valence-electron chi connectivity index (χ2n) is 3.35. The molecular weight excluding hydrogens is 206 g/mol. The summed E-state index contributed by atoms with van der Waals surface area (Å²) in [6.45, 7) is 1.69. The summed E-state index contributed by atoms with van der Waals surface area (Å²) in [6, 6.07) is 5.35. The quantitative estimate of drug-likeness (QED) is 0.569. The Labute approximate surface area is 91.9 Å². The van der Waals surface area contributed by atoms with Gasteiger partial charge in [-0.05, 0) is 25.1 Å². The van der Waals surface area contributed by atoms with Gasteiger partial charge in [-0.25, -0.2) is 4.98 Å². The Morgan fingerprint density at radius 3 is 2.75 bits per heavy atom. The Kier molecular flexibility index (Phi) is 2.59. The summed E-state index contributed by atoms with van der Waals surface area (Å²) in [6.07, 6.45) is 4.62. The molecule has 2 heterocycles. The van der Waals surface area contributed by atoms with Gasteiger partial charge in [-0.15, -0.1) is 0 Å². The maximum absolute atomic E-state index is 10.6. The molecule has 0 unspecified atom stereocenters. The number of hydrogen-bond acceptors (Lipinski definition) is 4. The first-order chi connectivity index (χ1) is 7.68. The van der Waals surface area contributed by atoms with Crippen LogP contribution in [0.3, 0.4) is 0 Å². The average Bonchev–Trinajstić information content (AvgIpc) is 2.29. The number of hydrogen-bond donors (Lipinski definition) is 0. The van der Waals surface area contributed by atoms with E-state index in [2.05, 4.69) is 9.97 Å². The lowest BCUT2D eigenvalue weighted by atomic mass is 10.1. The Balaban J connectivity index is 2.46. The highest BCUT2D eigenvalue weighted by Crippen LogP contribution is 2.22. The van der Waals surface area contributed by atoms with Crippen LogP contribution in [0.4, 0.5) is 5.69 Å². The normalized spacial score (nSPS) is 10.1. The molecule has 0 saturated heterocycles. The molecule has 2 aromatic rings. The minimum Gasteiger partial charge on any atom is -0.264 e. The molecule has 80 valence electrons. The third-order valence-corrected chi connectivity index (χ3v) is 2.24. The van der Waals surface area contributed by atoms with Crippen molar-refractivity contribution in [2.24, 2.45) is 0 Å². The predicted octanol–water partition coefficient (Wildman–Crippen LogP) is 2.36. The molecule has 2 rings (SSSR count). The zero-order valence-corrected chi connectivity index (χ0v) is 8.62. The molecule has 0 aliphatic heterocycles. The van der Waals surface area contributed by atoms with Crippen molar-refractivity contribution in [3.05, 3.63) is 52.5 Å². The summed E-state index contributed by atoms with van der Waals surface area (Å²) >= 11 is 0. The van der Waals surface area contributed by atoms with Crippen LogP contribution in [0.25, 0.3) is 11.3 Å². The fourth-order valence-electron chi connectivity index (χ4n) is 1.41. The van der Waals surface area contributed by atoms with Crippen molar-refractivity contribution in [1.82, 2.24) is 9.97 Å². The van der Waals surface area contributed by atoms with Crippen LogP contribution in [0.5, 0.6) is 0 Å². The van der Waals surface area contributed by atoms with Gasteiger partial charge in [-0.2, -0.15) is 0 Å². The van der Waals surface area contributed by atoms with Gasteiger partial charge >= 0.3 is 0 Å². The van der Waals surface area contributed by atoms with Crippen molar-refractivity contribution in [3.8, 4) is 11.3 Å². The van der Waals surface area contributed by atoms with Crippen LogP contribution in [0, 0.1) is 17.0 Å². The van der Waals surface area contributed by atoms with Gasteiger partial charge in [0.1, 0.15) is 6.20 Å². The summed E-state index contributed by atoms with van der Waals surface area (Å²) in [7, 11) is 0. The number of nitrogens with zero attached hydrogens (tertiary/aromatic N) is 3. The molecule has 5 nitrogen and oxygen atoms in total. The molecule has 0 atom stereocenters. The first-order valence-corrected chi connectivity index (χ1v) is 4.70. The third kappa shape index (κ3) is 1.88. The van der Waals surface area contributed by atoms with E-state index >= 15 is 0 Å². The van der Waals surface area contributed by atoms with E-state index in [0.29, 0.717) is 11.3 Å².